The summed E-state index contributed by atoms with van der Waals surface area (Å²) in [5, 5.41) is 13.3. The Bertz CT molecular complexity index is 1280. The molecule has 1 unspecified atom stereocenters. The number of nitrogens with one attached hydrogen (secondary N) is 1. The number of aliphatic hydroxyl groups excluding tert-OH is 1. The summed E-state index contributed by atoms with van der Waals surface area (Å²) in [6.07, 6.45) is -1.76. The highest BCUT2D eigenvalue weighted by atomic mass is 32.2. The lowest BCUT2D eigenvalue weighted by molar-refractivity contribution is -0.110. The molecule has 0 bridgehead atoms. The van der Waals surface area contributed by atoms with Gasteiger partial charge in [0.15, 0.2) is 0 Å². The molecule has 2 aliphatic rings. The zero-order valence-electron chi connectivity index (χ0n) is 13.8. The normalized spacial score (nSPS) is 21.5. The van der Waals surface area contributed by atoms with Gasteiger partial charge in [-0.05, 0) is 24.3 Å². The van der Waals surface area contributed by atoms with E-state index in [4.69, 9.17) is 0 Å². The molecule has 0 spiro atoms. The van der Waals surface area contributed by atoms with E-state index >= 15 is 0 Å². The van der Waals surface area contributed by atoms with Crippen molar-refractivity contribution in [1.29, 1.82) is 0 Å². The van der Waals surface area contributed by atoms with Crippen LogP contribution in [0.2, 0.25) is 0 Å². The lowest BCUT2D eigenvalue weighted by Crippen LogP contribution is -2.29. The molecule has 2 aromatic carbocycles. The summed E-state index contributed by atoms with van der Waals surface area (Å²) in [7, 11) is -9.62. The Morgan fingerprint density at radius 2 is 1.68 bits per heavy atom. The smallest absolute Gasteiger partial charge is 0.364 e. The summed E-state index contributed by atoms with van der Waals surface area (Å²) >= 11 is 0. The topological polar surface area (TPSA) is 161 Å². The van der Waals surface area contributed by atoms with Crippen molar-refractivity contribution in [2.75, 3.05) is 9.62 Å². The summed E-state index contributed by atoms with van der Waals surface area (Å²) in [4.78, 5) is 11.9. The van der Waals surface area contributed by atoms with Crippen molar-refractivity contribution in [3.63, 3.8) is 0 Å². The van der Waals surface area contributed by atoms with Gasteiger partial charge in [-0.15, -0.1) is 0 Å². The summed E-state index contributed by atoms with van der Waals surface area (Å²) in [6, 6.07) is 9.13. The molecule has 2 aliphatic heterocycles. The van der Waals surface area contributed by atoms with Gasteiger partial charge in [0.2, 0.25) is 0 Å². The monoisotopic (exact) mass is 424 g/mol. The Labute approximate surface area is 159 Å². The Morgan fingerprint density at radius 1 is 1.00 bits per heavy atom. The molecule has 0 saturated carbocycles. The van der Waals surface area contributed by atoms with Crippen LogP contribution in [0.3, 0.4) is 0 Å². The molecular formula is C16H12N2O8S2. The van der Waals surface area contributed by atoms with E-state index in [1.165, 1.54) is 6.07 Å². The number of carbonyl (C=O) groups excluding carboxylic acids is 1. The SMILES string of the molecule is O=C1Nc2ccccc2/C1=C1\C(O)c2cc(S(=O)(=O)O)ccc2N1S(=O)(=O)O. The van der Waals surface area contributed by atoms with E-state index in [9.17, 15) is 35.8 Å². The van der Waals surface area contributed by atoms with E-state index in [0.717, 1.165) is 18.2 Å². The molecule has 0 aliphatic carbocycles. The van der Waals surface area contributed by atoms with Crippen molar-refractivity contribution >= 4 is 43.3 Å². The minimum atomic E-state index is -4.99. The highest BCUT2D eigenvalue weighted by Gasteiger charge is 2.44. The molecule has 0 saturated heterocycles. The largest absolute Gasteiger partial charge is 0.382 e. The molecule has 12 heteroatoms. The second-order valence-electron chi connectivity index (χ2n) is 6.10. The fourth-order valence-electron chi connectivity index (χ4n) is 3.34. The van der Waals surface area contributed by atoms with Crippen LogP contribution in [0.5, 0.6) is 0 Å². The molecule has 10 nitrogen and oxygen atoms in total. The Hall–Kier alpha value is -2.77. The van der Waals surface area contributed by atoms with Crippen LogP contribution < -0.4 is 9.62 Å². The first kappa shape index (κ1) is 18.6. The average Bonchev–Trinajstić information content (AvgIpc) is 3.07. The van der Waals surface area contributed by atoms with Gasteiger partial charge >= 0.3 is 10.3 Å². The third-order valence-corrected chi connectivity index (χ3v) is 6.15. The van der Waals surface area contributed by atoms with E-state index in [-0.39, 0.29) is 16.8 Å². The molecule has 1 amide bonds. The van der Waals surface area contributed by atoms with Gasteiger partial charge < -0.3 is 10.4 Å². The number of para-hydroxylation sites is 1. The van der Waals surface area contributed by atoms with Gasteiger partial charge in [0.05, 0.1) is 21.9 Å². The first-order chi connectivity index (χ1) is 13.0. The number of aliphatic hydroxyl groups is 1. The van der Waals surface area contributed by atoms with Gasteiger partial charge in [0.25, 0.3) is 16.0 Å². The predicted molar refractivity (Wildman–Crippen MR) is 97.2 cm³/mol. The number of amides is 1. The van der Waals surface area contributed by atoms with Crippen LogP contribution in [0, 0.1) is 0 Å². The summed E-state index contributed by atoms with van der Waals surface area (Å²) in [5.74, 6) is -0.702. The zero-order valence-corrected chi connectivity index (χ0v) is 15.4. The molecule has 4 N–H and O–H groups in total. The molecule has 2 heterocycles. The quantitative estimate of drug-likeness (QED) is 0.409. The van der Waals surface area contributed by atoms with Crippen molar-refractivity contribution < 1.29 is 35.8 Å². The fraction of sp³-hybridized carbons (Fsp3) is 0.0625. The van der Waals surface area contributed by atoms with Crippen LogP contribution >= 0.6 is 0 Å². The molecule has 4 rings (SSSR count). The number of benzene rings is 2. The van der Waals surface area contributed by atoms with E-state index in [0.29, 0.717) is 15.6 Å². The van der Waals surface area contributed by atoms with Crippen LogP contribution in [0.4, 0.5) is 11.4 Å². The highest BCUT2D eigenvalue weighted by Crippen LogP contribution is 2.49. The van der Waals surface area contributed by atoms with Gasteiger partial charge in [0, 0.05) is 16.8 Å². The fourth-order valence-corrected chi connectivity index (χ4v) is 4.71. The van der Waals surface area contributed by atoms with Crippen molar-refractivity contribution in [3.05, 3.63) is 59.3 Å². The summed E-state index contributed by atoms with van der Waals surface area (Å²) < 4.78 is 66.2. The number of nitrogens with zero attached hydrogens (tertiary/aromatic N) is 1. The molecular weight excluding hydrogens is 412 g/mol. The highest BCUT2D eigenvalue weighted by molar-refractivity contribution is 7.87. The maximum Gasteiger partial charge on any atom is 0.364 e. The number of anilines is 2. The molecule has 0 aromatic heterocycles. The first-order valence-corrected chi connectivity index (χ1v) is 10.6. The van der Waals surface area contributed by atoms with Crippen molar-refractivity contribution in [1.82, 2.24) is 0 Å². The van der Waals surface area contributed by atoms with Crippen LogP contribution in [0.15, 0.2) is 53.1 Å². The van der Waals surface area contributed by atoms with Gasteiger partial charge in [0.1, 0.15) is 6.10 Å². The Kier molecular flexibility index (Phi) is 3.89. The second-order valence-corrected chi connectivity index (χ2v) is 8.78. The van der Waals surface area contributed by atoms with E-state index in [1.54, 1.807) is 18.2 Å². The standard InChI is InChI=1S/C16H12N2O8S2/c19-15-10-7-8(27(21,22)23)5-6-12(10)18(28(24,25)26)14(15)13-9-3-1-2-4-11(9)17-16(13)20/h1-7,15,19H,(H,17,20)(H,21,22,23)(H,24,25,26)/b14-13-. The zero-order chi connectivity index (χ0) is 20.4. The van der Waals surface area contributed by atoms with Crippen LogP contribution in [0.25, 0.3) is 5.57 Å². The first-order valence-electron chi connectivity index (χ1n) is 7.72. The lowest BCUT2D eigenvalue weighted by Gasteiger charge is -2.19. The number of fused-ring (bicyclic) bond motifs is 2. The van der Waals surface area contributed by atoms with Crippen molar-refractivity contribution in [3.8, 4) is 0 Å². The molecule has 0 radical (unpaired) electrons. The van der Waals surface area contributed by atoms with Crippen molar-refractivity contribution in [2.24, 2.45) is 0 Å². The Morgan fingerprint density at radius 3 is 2.32 bits per heavy atom. The van der Waals surface area contributed by atoms with Crippen LogP contribution in [0.1, 0.15) is 17.2 Å². The molecule has 0 fully saturated rings. The van der Waals surface area contributed by atoms with E-state index in [1.807, 2.05) is 0 Å². The van der Waals surface area contributed by atoms with Gasteiger partial charge in [-0.2, -0.15) is 16.8 Å². The third kappa shape index (κ3) is 2.70. The average molecular weight is 424 g/mol. The Balaban J connectivity index is 2.05. The number of hydrogen-bond donors (Lipinski definition) is 4. The summed E-state index contributed by atoms with van der Waals surface area (Å²) in [5.41, 5.74) is -0.419. The number of hydrogen-bond acceptors (Lipinski definition) is 6. The van der Waals surface area contributed by atoms with Crippen molar-refractivity contribution in [2.45, 2.75) is 11.0 Å². The predicted octanol–water partition coefficient (Wildman–Crippen LogP) is 0.953. The van der Waals surface area contributed by atoms with E-state index < -0.39 is 43.0 Å². The molecule has 28 heavy (non-hydrogen) atoms. The number of rotatable bonds is 2. The van der Waals surface area contributed by atoms with Gasteiger partial charge in [-0.3, -0.25) is 13.9 Å². The van der Waals surface area contributed by atoms with Gasteiger partial charge in [-0.25, -0.2) is 4.31 Å². The minimum Gasteiger partial charge on any atom is -0.382 e. The van der Waals surface area contributed by atoms with Crippen LogP contribution in [-0.4, -0.2) is 37.0 Å². The second kappa shape index (κ2) is 5.86. The minimum absolute atomic E-state index is 0.190. The van der Waals surface area contributed by atoms with Gasteiger partial charge in [-0.1, -0.05) is 18.2 Å². The van der Waals surface area contributed by atoms with Crippen LogP contribution in [-0.2, 0) is 25.2 Å². The summed E-state index contributed by atoms with van der Waals surface area (Å²) in [6.45, 7) is 0. The van der Waals surface area contributed by atoms with E-state index in [2.05, 4.69) is 5.32 Å². The maximum atomic E-state index is 12.5. The maximum absolute atomic E-state index is 12.5. The number of carbonyl (C=O) groups is 1. The lowest BCUT2D eigenvalue weighted by atomic mass is 10.0. The molecule has 1 atom stereocenters. The third-order valence-electron chi connectivity index (χ3n) is 4.45. The molecule has 2 aromatic rings. The molecule has 146 valence electrons.